The molecule has 9 nitrogen and oxygen atoms in total. The lowest BCUT2D eigenvalue weighted by atomic mass is 9.94. The highest BCUT2D eigenvalue weighted by molar-refractivity contribution is 9.09. The van der Waals surface area contributed by atoms with Crippen molar-refractivity contribution in [2.75, 3.05) is 18.5 Å². The molecule has 3 aromatic carbocycles. The summed E-state index contributed by atoms with van der Waals surface area (Å²) < 4.78 is 16.0. The van der Waals surface area contributed by atoms with Crippen molar-refractivity contribution >= 4 is 51.4 Å². The molecule has 0 bridgehead atoms. The van der Waals surface area contributed by atoms with Crippen LogP contribution in [0.3, 0.4) is 0 Å². The molecule has 0 spiro atoms. The average molecular weight is 654 g/mol. The zero-order valence-electron chi connectivity index (χ0n) is 22.7. The minimum atomic E-state index is -1.08. The Morgan fingerprint density at radius 3 is 2.07 bits per heavy atom. The van der Waals surface area contributed by atoms with Crippen molar-refractivity contribution in [1.82, 2.24) is 10.2 Å². The molecule has 1 N–H and O–H groups in total. The van der Waals surface area contributed by atoms with Crippen molar-refractivity contribution in [1.29, 1.82) is 0 Å². The Kier molecular flexibility index (Phi) is 9.18. The number of nitrogens with one attached hydrogen (secondary N) is 1. The van der Waals surface area contributed by atoms with Gasteiger partial charge < -0.3 is 24.4 Å². The van der Waals surface area contributed by atoms with Crippen molar-refractivity contribution in [2.24, 2.45) is 0 Å². The number of para-hydroxylation sites is 1. The number of thioether (sulfide) groups is 1. The molecule has 2 aliphatic heterocycles. The van der Waals surface area contributed by atoms with Crippen molar-refractivity contribution in [2.45, 2.75) is 35.2 Å². The molecular formula is C31H29BrN2O7S. The molecule has 2 fully saturated rings. The number of hydrogen-bond donors (Lipinski definition) is 1. The first kappa shape index (κ1) is 29.7. The maximum absolute atomic E-state index is 14.0. The van der Waals surface area contributed by atoms with Crippen LogP contribution in [0.5, 0.6) is 5.75 Å². The summed E-state index contributed by atoms with van der Waals surface area (Å²) in [5.41, 5.74) is 1.53. The lowest BCUT2D eigenvalue weighted by molar-refractivity contribution is -0.168. The van der Waals surface area contributed by atoms with Gasteiger partial charge in [0.2, 0.25) is 5.91 Å². The van der Waals surface area contributed by atoms with E-state index in [1.807, 2.05) is 66.7 Å². The summed E-state index contributed by atoms with van der Waals surface area (Å²) in [6, 6.07) is 25.6. The van der Waals surface area contributed by atoms with Crippen LogP contribution in [0, 0.1) is 0 Å². The van der Waals surface area contributed by atoms with Crippen molar-refractivity contribution in [3.63, 3.8) is 0 Å². The SMILES string of the molecule is CC(=O)OC[C@@]1(CBr)S[C@H]2C(NC(=O)COc3ccccc3)C(=O)N2[C@H]1C(=O)OC(c1ccccc1)c1ccccc1. The molecule has 4 atom stereocenters. The molecule has 0 radical (unpaired) electrons. The molecule has 0 aromatic heterocycles. The third-order valence-electron chi connectivity index (χ3n) is 7.05. The number of halogens is 1. The predicted molar refractivity (Wildman–Crippen MR) is 160 cm³/mol. The fraction of sp³-hybridized carbons (Fsp3) is 0.290. The number of carbonyl (C=O) groups excluding carboxylic acids is 4. The number of carbonyl (C=O) groups is 4. The van der Waals surface area contributed by atoms with Crippen LogP contribution in [0.4, 0.5) is 0 Å². The third-order valence-corrected chi connectivity index (χ3v) is 10.1. The zero-order valence-corrected chi connectivity index (χ0v) is 25.1. The van der Waals surface area contributed by atoms with Gasteiger partial charge in [0.15, 0.2) is 12.7 Å². The van der Waals surface area contributed by atoms with E-state index in [4.69, 9.17) is 14.2 Å². The van der Waals surface area contributed by atoms with Crippen LogP contribution in [-0.4, -0.2) is 69.4 Å². The first-order valence-electron chi connectivity index (χ1n) is 13.3. The van der Waals surface area contributed by atoms with Crippen molar-refractivity contribution in [3.8, 4) is 5.75 Å². The molecule has 0 saturated carbocycles. The van der Waals surface area contributed by atoms with E-state index in [2.05, 4.69) is 21.2 Å². The van der Waals surface area contributed by atoms with Crippen LogP contribution in [0.2, 0.25) is 0 Å². The van der Waals surface area contributed by atoms with Gasteiger partial charge in [0.25, 0.3) is 5.91 Å². The lowest BCUT2D eigenvalue weighted by Crippen LogP contribution is -2.71. The average Bonchev–Trinajstić information content (AvgIpc) is 3.33. The summed E-state index contributed by atoms with van der Waals surface area (Å²) in [5, 5.41) is 2.38. The van der Waals surface area contributed by atoms with Crippen LogP contribution < -0.4 is 10.1 Å². The number of benzene rings is 3. The number of rotatable bonds is 11. The maximum Gasteiger partial charge on any atom is 0.331 e. The van der Waals surface area contributed by atoms with E-state index in [-0.39, 0.29) is 18.5 Å². The zero-order chi connectivity index (χ0) is 29.7. The molecule has 2 aliphatic rings. The largest absolute Gasteiger partial charge is 0.484 e. The van der Waals surface area contributed by atoms with Crippen LogP contribution in [0.1, 0.15) is 24.2 Å². The second kappa shape index (κ2) is 13.0. The summed E-state index contributed by atoms with van der Waals surface area (Å²) in [4.78, 5) is 53.4. The third kappa shape index (κ3) is 6.17. The van der Waals surface area contributed by atoms with Gasteiger partial charge in [-0.05, 0) is 23.3 Å². The smallest absolute Gasteiger partial charge is 0.331 e. The quantitative estimate of drug-likeness (QED) is 0.189. The van der Waals surface area contributed by atoms with E-state index in [0.717, 1.165) is 11.1 Å². The Balaban J connectivity index is 1.38. The lowest BCUT2D eigenvalue weighted by Gasteiger charge is -2.44. The van der Waals surface area contributed by atoms with Gasteiger partial charge in [0.05, 0.1) is 4.75 Å². The second-order valence-electron chi connectivity index (χ2n) is 9.92. The molecule has 2 heterocycles. The van der Waals surface area contributed by atoms with Crippen LogP contribution in [0.15, 0.2) is 91.0 Å². The van der Waals surface area contributed by atoms with Crippen LogP contribution in [0.25, 0.3) is 0 Å². The molecular weight excluding hydrogens is 624 g/mol. The Morgan fingerprint density at radius 1 is 0.952 bits per heavy atom. The number of ether oxygens (including phenoxy) is 3. The molecule has 5 rings (SSSR count). The van der Waals surface area contributed by atoms with Crippen LogP contribution >= 0.6 is 27.7 Å². The standard InChI is InChI=1S/C31H29BrN2O7S/c1-20(35)40-19-31(18-32)27(30(38)41-26(21-11-5-2-6-12-21)22-13-7-3-8-14-22)34-28(37)25(29(34)42-31)33-24(36)17-39-23-15-9-4-10-16-23/h2-16,25-27,29H,17-19H2,1H3,(H,33,36)/t25?,27-,29-,31+/m0/s1. The summed E-state index contributed by atoms with van der Waals surface area (Å²) in [5.74, 6) is -1.53. The number of amides is 2. The molecule has 0 aliphatic carbocycles. The van der Waals surface area contributed by atoms with Gasteiger partial charge in [-0.15, -0.1) is 11.8 Å². The fourth-order valence-corrected chi connectivity index (χ4v) is 7.56. The molecule has 2 amide bonds. The molecule has 42 heavy (non-hydrogen) atoms. The van der Waals surface area contributed by atoms with Gasteiger partial charge in [0.1, 0.15) is 29.8 Å². The molecule has 3 aromatic rings. The number of fused-ring (bicyclic) bond motifs is 1. The Morgan fingerprint density at radius 2 is 1.52 bits per heavy atom. The summed E-state index contributed by atoms with van der Waals surface area (Å²) >= 11 is 4.81. The normalized spacial score (nSPS) is 22.6. The predicted octanol–water partition coefficient (Wildman–Crippen LogP) is 3.86. The van der Waals surface area contributed by atoms with E-state index in [0.29, 0.717) is 5.75 Å². The minimum absolute atomic E-state index is 0.141. The van der Waals surface area contributed by atoms with Crippen molar-refractivity contribution in [3.05, 3.63) is 102 Å². The Hall–Kier alpha value is -3.83. The van der Waals surface area contributed by atoms with Crippen LogP contribution in [-0.2, 0) is 28.7 Å². The number of nitrogens with zero attached hydrogens (tertiary/aromatic N) is 1. The van der Waals surface area contributed by atoms with Gasteiger partial charge in [-0.25, -0.2) is 4.79 Å². The number of hydrogen-bond acceptors (Lipinski definition) is 8. The first-order valence-corrected chi connectivity index (χ1v) is 15.3. The minimum Gasteiger partial charge on any atom is -0.484 e. The van der Waals surface area contributed by atoms with Gasteiger partial charge >= 0.3 is 11.9 Å². The van der Waals surface area contributed by atoms with E-state index in [1.165, 1.54) is 23.6 Å². The van der Waals surface area contributed by atoms with E-state index in [9.17, 15) is 19.2 Å². The Labute approximate surface area is 256 Å². The maximum atomic E-state index is 14.0. The van der Waals surface area contributed by atoms with E-state index < -0.39 is 52.1 Å². The number of β-lactam (4-membered cyclic amide) rings is 1. The van der Waals surface area contributed by atoms with Crippen molar-refractivity contribution < 1.29 is 33.4 Å². The molecule has 1 unspecified atom stereocenters. The first-order chi connectivity index (χ1) is 20.3. The fourth-order valence-electron chi connectivity index (χ4n) is 5.03. The Bertz CT molecular complexity index is 1390. The van der Waals surface area contributed by atoms with Gasteiger partial charge in [-0.1, -0.05) is 94.8 Å². The summed E-state index contributed by atoms with van der Waals surface area (Å²) in [6.07, 6.45) is -0.729. The molecule has 218 valence electrons. The topological polar surface area (TPSA) is 111 Å². The number of esters is 2. The van der Waals surface area contributed by atoms with Gasteiger partial charge in [0, 0.05) is 12.3 Å². The van der Waals surface area contributed by atoms with Gasteiger partial charge in [-0.2, -0.15) is 0 Å². The highest BCUT2D eigenvalue weighted by Gasteiger charge is 2.68. The molecule has 2 saturated heterocycles. The van der Waals surface area contributed by atoms with E-state index in [1.54, 1.807) is 24.3 Å². The summed E-state index contributed by atoms with van der Waals surface area (Å²) in [6.45, 7) is 0.868. The monoisotopic (exact) mass is 652 g/mol. The summed E-state index contributed by atoms with van der Waals surface area (Å²) in [7, 11) is 0. The highest BCUT2D eigenvalue weighted by Crippen LogP contribution is 2.53. The number of alkyl halides is 1. The molecule has 11 heteroatoms. The van der Waals surface area contributed by atoms with Gasteiger partial charge in [-0.3, -0.25) is 14.4 Å². The van der Waals surface area contributed by atoms with E-state index >= 15 is 0 Å². The second-order valence-corrected chi connectivity index (χ2v) is 12.0. The highest BCUT2D eigenvalue weighted by atomic mass is 79.9.